The zero-order chi connectivity index (χ0) is 45.6. The summed E-state index contributed by atoms with van der Waals surface area (Å²) < 4.78 is 18.6. The molecule has 18 heteroatoms. The molecule has 8 atom stereocenters. The molecule has 0 fully saturated rings. The number of fused-ring (bicyclic) bond motifs is 3. The summed E-state index contributed by atoms with van der Waals surface area (Å²) in [5.41, 5.74) is -0.766. The van der Waals surface area contributed by atoms with Crippen LogP contribution in [-0.4, -0.2) is 94.9 Å². The van der Waals surface area contributed by atoms with E-state index in [-0.39, 0.29) is 61.8 Å². The van der Waals surface area contributed by atoms with Crippen molar-refractivity contribution in [1.29, 1.82) is 0 Å². The fourth-order valence-electron chi connectivity index (χ4n) is 9.11. The van der Waals surface area contributed by atoms with Crippen LogP contribution in [-0.2, 0) is 12.8 Å². The number of phenolic OH excluding ortho intramolecular Hbond substituents is 12. The summed E-state index contributed by atoms with van der Waals surface area (Å²) >= 11 is 0. The molecule has 0 aliphatic carbocycles. The molecular weight excluding hydrogens is 840 g/mol. The normalized spacial score (nSPS) is 23.4. The lowest BCUT2D eigenvalue weighted by Gasteiger charge is -2.41. The molecule has 3 aliphatic heterocycles. The molecule has 0 spiro atoms. The van der Waals surface area contributed by atoms with Crippen molar-refractivity contribution in [2.24, 2.45) is 0 Å². The summed E-state index contributed by atoms with van der Waals surface area (Å²) in [5.74, 6) is -10.4. The van der Waals surface area contributed by atoms with Gasteiger partial charge in [-0.3, -0.25) is 0 Å². The Kier molecular flexibility index (Phi) is 9.88. The van der Waals surface area contributed by atoms with Gasteiger partial charge in [-0.1, -0.05) is 18.2 Å². The van der Waals surface area contributed by atoms with Crippen molar-refractivity contribution in [2.45, 2.75) is 61.3 Å². The minimum atomic E-state index is -1.85. The Labute approximate surface area is 361 Å². The van der Waals surface area contributed by atoms with Gasteiger partial charge in [-0.2, -0.15) is 0 Å². The van der Waals surface area contributed by atoms with Crippen LogP contribution in [0.15, 0.2) is 78.9 Å². The number of phenols is 12. The Morgan fingerprint density at radius 2 is 0.906 bits per heavy atom. The molecule has 0 radical (unpaired) electrons. The molecule has 0 aromatic heterocycles. The summed E-state index contributed by atoms with van der Waals surface area (Å²) in [6.07, 6.45) is -10.2. The van der Waals surface area contributed by atoms with Crippen LogP contribution < -0.4 is 14.2 Å². The number of aliphatic hydroxyl groups is 3. The summed E-state index contributed by atoms with van der Waals surface area (Å²) in [6.45, 7) is 0. The topological polar surface area (TPSA) is 331 Å². The second-order valence-electron chi connectivity index (χ2n) is 16.1. The molecule has 9 rings (SSSR count). The third-order valence-corrected chi connectivity index (χ3v) is 12.1. The summed E-state index contributed by atoms with van der Waals surface area (Å²) in [4.78, 5) is 0. The average Bonchev–Trinajstić information content (AvgIpc) is 3.23. The number of hydrogen-bond acceptors (Lipinski definition) is 18. The molecule has 6 aromatic carbocycles. The van der Waals surface area contributed by atoms with Crippen LogP contribution >= 0.6 is 0 Å². The van der Waals surface area contributed by atoms with E-state index in [0.29, 0.717) is 0 Å². The van der Waals surface area contributed by atoms with Crippen molar-refractivity contribution in [1.82, 2.24) is 0 Å². The molecule has 0 amide bonds. The van der Waals surface area contributed by atoms with E-state index in [0.717, 1.165) is 60.7 Å². The molecule has 8 unspecified atom stereocenters. The Hall–Kier alpha value is -7.80. The standard InChI is InChI=1S/C46H40O18/c47-19-10-30(55)35-21(41(60)44(62-33(35)12-19)17-2-5-25(50)28(53)8-17)14-22-39(58)23-15-32(57)43(16-1-4-24(49)27(52)7-16)64-46(23)38(40(22)59)37-36-31(56)11-20(48)13-34(36)63-45(42(37)61)18-3-6-26(51)29(54)9-18/h1-13,21,32,37,41-45,47-61H,14-15H2. The van der Waals surface area contributed by atoms with Gasteiger partial charge in [0.15, 0.2) is 46.7 Å². The van der Waals surface area contributed by atoms with Crippen LogP contribution in [0.1, 0.15) is 74.7 Å². The number of aliphatic hydroxyl groups excluding tert-OH is 3. The van der Waals surface area contributed by atoms with E-state index >= 15 is 0 Å². The molecule has 15 N–H and O–H groups in total. The number of aromatic hydroxyl groups is 12. The molecule has 0 saturated carbocycles. The van der Waals surface area contributed by atoms with Crippen LogP contribution in [0.25, 0.3) is 0 Å². The highest BCUT2D eigenvalue weighted by Crippen LogP contribution is 2.60. The van der Waals surface area contributed by atoms with Crippen molar-refractivity contribution in [3.05, 3.63) is 123 Å². The molecule has 18 nitrogen and oxygen atoms in total. The number of benzene rings is 6. The Morgan fingerprint density at radius 3 is 1.42 bits per heavy atom. The van der Waals surface area contributed by atoms with Gasteiger partial charge in [-0.25, -0.2) is 0 Å². The van der Waals surface area contributed by atoms with Crippen molar-refractivity contribution in [2.75, 3.05) is 0 Å². The van der Waals surface area contributed by atoms with Crippen LogP contribution in [0.2, 0.25) is 0 Å². The zero-order valence-corrected chi connectivity index (χ0v) is 33.0. The summed E-state index contributed by atoms with van der Waals surface area (Å²) in [6, 6.07) is 15.0. The monoisotopic (exact) mass is 880 g/mol. The highest BCUT2D eigenvalue weighted by atomic mass is 16.5. The number of ether oxygens (including phenoxy) is 3. The number of rotatable bonds is 6. The highest BCUT2D eigenvalue weighted by molar-refractivity contribution is 5.69. The molecule has 0 bridgehead atoms. The Morgan fingerprint density at radius 1 is 0.438 bits per heavy atom. The van der Waals surface area contributed by atoms with Crippen molar-refractivity contribution < 1.29 is 90.8 Å². The largest absolute Gasteiger partial charge is 0.508 e. The van der Waals surface area contributed by atoms with Crippen LogP contribution in [0, 0.1) is 0 Å². The fraction of sp³-hybridized carbons (Fsp3) is 0.217. The van der Waals surface area contributed by atoms with Crippen LogP contribution in [0.3, 0.4) is 0 Å². The molecule has 0 saturated heterocycles. The first-order chi connectivity index (χ1) is 30.4. The van der Waals surface area contributed by atoms with Crippen molar-refractivity contribution >= 4 is 0 Å². The predicted molar refractivity (Wildman–Crippen MR) is 219 cm³/mol. The molecule has 3 heterocycles. The maximum absolute atomic E-state index is 12.7. The Bertz CT molecular complexity index is 2860. The van der Waals surface area contributed by atoms with Gasteiger partial charge in [0, 0.05) is 64.4 Å². The molecule has 64 heavy (non-hydrogen) atoms. The van der Waals surface area contributed by atoms with Gasteiger partial charge in [0.05, 0.1) is 12.0 Å². The van der Waals surface area contributed by atoms with E-state index in [1.54, 1.807) is 0 Å². The Balaban J connectivity index is 1.28. The van der Waals surface area contributed by atoms with Crippen LogP contribution in [0.5, 0.6) is 86.2 Å². The van der Waals surface area contributed by atoms with E-state index in [2.05, 4.69) is 0 Å². The minimum Gasteiger partial charge on any atom is -0.508 e. The van der Waals surface area contributed by atoms with Crippen molar-refractivity contribution in [3.8, 4) is 86.2 Å². The van der Waals surface area contributed by atoms with Gasteiger partial charge >= 0.3 is 0 Å². The molecule has 3 aliphatic rings. The predicted octanol–water partition coefficient (Wildman–Crippen LogP) is 4.64. The summed E-state index contributed by atoms with van der Waals surface area (Å²) in [7, 11) is 0. The fourth-order valence-corrected chi connectivity index (χ4v) is 9.11. The van der Waals surface area contributed by atoms with E-state index in [9.17, 15) is 76.6 Å². The van der Waals surface area contributed by atoms with Gasteiger partial charge in [-0.15, -0.1) is 0 Å². The SMILES string of the molecule is Oc1cc(O)c2c(c1)OC(c1ccc(O)c(O)c1)C(O)C2Cc1c(O)c2c(c(C3c4c(O)cc(O)cc4OC(c4ccc(O)c(O)c4)C3O)c1O)OC(c1ccc(O)c(O)c1)C(O)C2. The lowest BCUT2D eigenvalue weighted by atomic mass is 9.74. The van der Waals surface area contributed by atoms with E-state index in [1.807, 2.05) is 0 Å². The van der Waals surface area contributed by atoms with E-state index in [4.69, 9.17) is 14.2 Å². The minimum absolute atomic E-state index is 0.0781. The first-order valence-corrected chi connectivity index (χ1v) is 19.7. The zero-order valence-electron chi connectivity index (χ0n) is 33.0. The summed E-state index contributed by atoms with van der Waals surface area (Å²) in [5, 5.41) is 166. The molecule has 6 aromatic rings. The molecule has 332 valence electrons. The van der Waals surface area contributed by atoms with Gasteiger partial charge in [0.2, 0.25) is 0 Å². The average molecular weight is 881 g/mol. The molecular formula is C46H40O18. The quantitative estimate of drug-likeness (QED) is 0.101. The smallest absolute Gasteiger partial charge is 0.157 e. The number of hydrogen-bond donors (Lipinski definition) is 15. The second kappa shape index (κ2) is 15.2. The highest BCUT2D eigenvalue weighted by Gasteiger charge is 2.48. The second-order valence-corrected chi connectivity index (χ2v) is 16.1. The van der Waals surface area contributed by atoms with Crippen LogP contribution in [0.4, 0.5) is 0 Å². The lowest BCUT2D eigenvalue weighted by Crippen LogP contribution is -2.37. The van der Waals surface area contributed by atoms with E-state index < -0.39 is 130 Å². The lowest BCUT2D eigenvalue weighted by molar-refractivity contribution is -0.00244. The first-order valence-electron chi connectivity index (χ1n) is 19.7. The van der Waals surface area contributed by atoms with Crippen molar-refractivity contribution in [3.63, 3.8) is 0 Å². The third-order valence-electron chi connectivity index (χ3n) is 12.1. The first kappa shape index (κ1) is 41.5. The van der Waals surface area contributed by atoms with E-state index in [1.165, 1.54) is 18.2 Å². The van der Waals surface area contributed by atoms with Gasteiger partial charge < -0.3 is 90.8 Å². The third kappa shape index (κ3) is 6.71. The van der Waals surface area contributed by atoms with Gasteiger partial charge in [0.25, 0.3) is 0 Å². The van der Waals surface area contributed by atoms with Gasteiger partial charge in [0.1, 0.15) is 70.1 Å². The van der Waals surface area contributed by atoms with Gasteiger partial charge in [-0.05, 0) is 59.5 Å². The maximum atomic E-state index is 12.7. The maximum Gasteiger partial charge on any atom is 0.157 e.